The van der Waals surface area contributed by atoms with E-state index in [0.717, 1.165) is 25.0 Å². The Kier molecular flexibility index (Phi) is 6.09. The summed E-state index contributed by atoms with van der Waals surface area (Å²) in [6.45, 7) is 0.320. The minimum atomic E-state index is -4.69. The van der Waals surface area contributed by atoms with Gasteiger partial charge in [0, 0.05) is 13.1 Å². The van der Waals surface area contributed by atoms with Gasteiger partial charge >= 0.3 is 6.18 Å². The number of likely N-dealkylation sites (tertiary alicyclic amines) is 1. The Hall–Kier alpha value is -2.26. The first kappa shape index (κ1) is 21.4. The van der Waals surface area contributed by atoms with Crippen LogP contribution in [-0.2, 0) is 21.0 Å². The highest BCUT2D eigenvalue weighted by atomic mass is 35.5. The summed E-state index contributed by atoms with van der Waals surface area (Å²) in [5, 5.41) is -0.202. The first-order chi connectivity index (χ1) is 13.6. The standard InChI is InChI=1S/C19H18ClF3N2O3S/c20-16-9-8-14(19(21,22)23)12-17(16)25(13-18(26)24-10-4-5-11-24)29(27,28)15-6-2-1-3-7-15/h1-3,6-9,12H,4-5,10-11,13H2. The van der Waals surface area contributed by atoms with E-state index in [2.05, 4.69) is 0 Å². The Morgan fingerprint density at radius 2 is 1.69 bits per heavy atom. The Labute approximate surface area is 171 Å². The highest BCUT2D eigenvalue weighted by Gasteiger charge is 2.35. The molecule has 0 unspecified atom stereocenters. The summed E-state index contributed by atoms with van der Waals surface area (Å²) in [5.41, 5.74) is -1.45. The van der Waals surface area contributed by atoms with Crippen LogP contribution in [0.4, 0.5) is 18.9 Å². The van der Waals surface area contributed by atoms with Gasteiger partial charge in [-0.3, -0.25) is 9.10 Å². The van der Waals surface area contributed by atoms with Crippen molar-refractivity contribution >= 4 is 33.2 Å². The number of nitrogens with zero attached hydrogens (tertiary/aromatic N) is 2. The molecule has 0 aliphatic carbocycles. The number of alkyl halides is 3. The van der Waals surface area contributed by atoms with Gasteiger partial charge in [-0.05, 0) is 43.2 Å². The quantitative estimate of drug-likeness (QED) is 0.692. The maximum atomic E-state index is 13.2. The highest BCUT2D eigenvalue weighted by molar-refractivity contribution is 7.92. The molecule has 1 aliphatic heterocycles. The molecule has 2 aromatic carbocycles. The van der Waals surface area contributed by atoms with Crippen LogP contribution in [0.25, 0.3) is 0 Å². The number of halogens is 4. The van der Waals surface area contributed by atoms with Crippen molar-refractivity contribution in [3.63, 3.8) is 0 Å². The first-order valence-corrected chi connectivity index (χ1v) is 10.6. The zero-order valence-corrected chi connectivity index (χ0v) is 16.8. The highest BCUT2D eigenvalue weighted by Crippen LogP contribution is 2.37. The molecule has 1 fully saturated rings. The molecule has 1 aliphatic rings. The molecule has 29 heavy (non-hydrogen) atoms. The number of sulfonamides is 1. The number of hydrogen-bond donors (Lipinski definition) is 0. The van der Waals surface area contributed by atoms with Gasteiger partial charge in [-0.1, -0.05) is 29.8 Å². The van der Waals surface area contributed by atoms with Crippen molar-refractivity contribution in [2.24, 2.45) is 0 Å². The smallest absolute Gasteiger partial charge is 0.341 e. The molecule has 0 bridgehead atoms. The van der Waals surface area contributed by atoms with E-state index in [1.54, 1.807) is 6.07 Å². The van der Waals surface area contributed by atoms with Crippen molar-refractivity contribution in [3.05, 3.63) is 59.1 Å². The fourth-order valence-corrected chi connectivity index (χ4v) is 4.80. The average molecular weight is 447 g/mol. The largest absolute Gasteiger partial charge is 0.416 e. The second kappa shape index (κ2) is 8.23. The molecule has 0 N–H and O–H groups in total. The molecule has 156 valence electrons. The number of carbonyl (C=O) groups excluding carboxylic acids is 1. The van der Waals surface area contributed by atoms with Crippen LogP contribution in [0.15, 0.2) is 53.4 Å². The van der Waals surface area contributed by atoms with Crippen molar-refractivity contribution in [1.29, 1.82) is 0 Å². The molecule has 1 saturated heterocycles. The van der Waals surface area contributed by atoms with Gasteiger partial charge in [-0.15, -0.1) is 0 Å². The number of anilines is 1. The van der Waals surface area contributed by atoms with Gasteiger partial charge in [0.1, 0.15) is 6.54 Å². The zero-order chi connectivity index (χ0) is 21.2. The van der Waals surface area contributed by atoms with Gasteiger partial charge in [0.25, 0.3) is 10.0 Å². The number of hydrogen-bond acceptors (Lipinski definition) is 3. The molecule has 5 nitrogen and oxygen atoms in total. The Bertz CT molecular complexity index is 992. The van der Waals surface area contributed by atoms with Crippen molar-refractivity contribution in [2.45, 2.75) is 23.9 Å². The molecular formula is C19H18ClF3N2O3S. The summed E-state index contributed by atoms with van der Waals surface area (Å²) >= 11 is 6.08. The summed E-state index contributed by atoms with van der Waals surface area (Å²) in [6, 6.07) is 9.60. The molecule has 0 radical (unpaired) electrons. The van der Waals surface area contributed by atoms with Crippen LogP contribution in [0.3, 0.4) is 0 Å². The molecule has 0 atom stereocenters. The topological polar surface area (TPSA) is 57.7 Å². The van der Waals surface area contributed by atoms with E-state index in [9.17, 15) is 26.4 Å². The molecule has 0 saturated carbocycles. The van der Waals surface area contributed by atoms with Gasteiger partial charge < -0.3 is 4.90 Å². The summed E-state index contributed by atoms with van der Waals surface area (Å²) in [5.74, 6) is -0.490. The van der Waals surface area contributed by atoms with E-state index < -0.39 is 39.9 Å². The van der Waals surface area contributed by atoms with Crippen LogP contribution in [0.1, 0.15) is 18.4 Å². The first-order valence-electron chi connectivity index (χ1n) is 8.83. The van der Waals surface area contributed by atoms with E-state index in [1.165, 1.54) is 29.2 Å². The summed E-state index contributed by atoms with van der Waals surface area (Å²) in [7, 11) is -4.33. The zero-order valence-electron chi connectivity index (χ0n) is 15.2. The lowest BCUT2D eigenvalue weighted by atomic mass is 10.2. The number of amides is 1. The van der Waals surface area contributed by atoms with Crippen LogP contribution in [0, 0.1) is 0 Å². The van der Waals surface area contributed by atoms with Crippen molar-refractivity contribution < 1.29 is 26.4 Å². The third kappa shape index (κ3) is 4.67. The van der Waals surface area contributed by atoms with Gasteiger partial charge in [-0.25, -0.2) is 8.42 Å². The van der Waals surface area contributed by atoms with E-state index in [-0.39, 0.29) is 9.92 Å². The van der Waals surface area contributed by atoms with Crippen LogP contribution in [0.2, 0.25) is 5.02 Å². The minimum absolute atomic E-state index is 0.150. The maximum Gasteiger partial charge on any atom is 0.416 e. The molecule has 3 rings (SSSR count). The van der Waals surface area contributed by atoms with E-state index in [0.29, 0.717) is 23.5 Å². The lowest BCUT2D eigenvalue weighted by molar-refractivity contribution is -0.137. The number of carbonyl (C=O) groups is 1. The Balaban J connectivity index is 2.09. The lowest BCUT2D eigenvalue weighted by Gasteiger charge is -2.27. The SMILES string of the molecule is O=C(CN(c1cc(C(F)(F)F)ccc1Cl)S(=O)(=O)c1ccccc1)N1CCCC1. The third-order valence-electron chi connectivity index (χ3n) is 4.61. The van der Waals surface area contributed by atoms with Crippen LogP contribution in [0.5, 0.6) is 0 Å². The van der Waals surface area contributed by atoms with E-state index in [1.807, 2.05) is 0 Å². The second-order valence-corrected chi connectivity index (χ2v) is 8.85. The normalized spacial score (nSPS) is 14.8. The number of rotatable bonds is 5. The monoisotopic (exact) mass is 446 g/mol. The van der Waals surface area contributed by atoms with Crippen LogP contribution < -0.4 is 4.31 Å². The summed E-state index contributed by atoms with van der Waals surface area (Å²) in [6.07, 6.45) is -3.11. The molecular weight excluding hydrogens is 429 g/mol. The fourth-order valence-electron chi connectivity index (χ4n) is 3.09. The fraction of sp³-hybridized carbons (Fsp3) is 0.316. The predicted molar refractivity (Wildman–Crippen MR) is 103 cm³/mol. The molecule has 10 heteroatoms. The Morgan fingerprint density at radius 3 is 2.28 bits per heavy atom. The van der Waals surface area contributed by atoms with Crippen LogP contribution in [-0.4, -0.2) is 38.9 Å². The molecule has 1 heterocycles. The van der Waals surface area contributed by atoms with Gasteiger partial charge in [0.15, 0.2) is 0 Å². The van der Waals surface area contributed by atoms with Gasteiger partial charge in [0.2, 0.25) is 5.91 Å². The molecule has 1 amide bonds. The second-order valence-electron chi connectivity index (χ2n) is 6.58. The predicted octanol–water partition coefficient (Wildman–Crippen LogP) is 4.18. The molecule has 0 spiro atoms. The van der Waals surface area contributed by atoms with Gasteiger partial charge in [-0.2, -0.15) is 13.2 Å². The van der Waals surface area contributed by atoms with Gasteiger partial charge in [0.05, 0.1) is 21.2 Å². The maximum absolute atomic E-state index is 13.2. The molecule has 0 aromatic heterocycles. The van der Waals surface area contributed by atoms with Crippen molar-refractivity contribution in [1.82, 2.24) is 4.90 Å². The minimum Gasteiger partial charge on any atom is -0.341 e. The summed E-state index contributed by atoms with van der Waals surface area (Å²) in [4.78, 5) is 14.0. The van der Waals surface area contributed by atoms with Crippen LogP contribution >= 0.6 is 11.6 Å². The average Bonchev–Trinajstić information content (AvgIpc) is 3.21. The van der Waals surface area contributed by atoms with Crippen molar-refractivity contribution in [2.75, 3.05) is 23.9 Å². The third-order valence-corrected chi connectivity index (χ3v) is 6.70. The van der Waals surface area contributed by atoms with E-state index in [4.69, 9.17) is 11.6 Å². The number of benzene rings is 2. The van der Waals surface area contributed by atoms with E-state index >= 15 is 0 Å². The summed E-state index contributed by atoms with van der Waals surface area (Å²) < 4.78 is 66.7. The Morgan fingerprint density at radius 1 is 1.07 bits per heavy atom. The molecule has 2 aromatic rings. The lowest BCUT2D eigenvalue weighted by Crippen LogP contribution is -2.42. The van der Waals surface area contributed by atoms with Crippen molar-refractivity contribution in [3.8, 4) is 0 Å².